The van der Waals surface area contributed by atoms with Crippen LogP contribution in [0.3, 0.4) is 0 Å². The summed E-state index contributed by atoms with van der Waals surface area (Å²) in [7, 11) is 0. The number of ether oxygens (including phenoxy) is 2. The van der Waals surface area contributed by atoms with Gasteiger partial charge in [-0.1, -0.05) is 44.2 Å². The fraction of sp³-hybridized carbons (Fsp3) is 0.333. The van der Waals surface area contributed by atoms with Gasteiger partial charge >= 0.3 is 5.97 Å². The van der Waals surface area contributed by atoms with Crippen molar-refractivity contribution in [3.05, 3.63) is 59.9 Å². The summed E-state index contributed by atoms with van der Waals surface area (Å²) in [4.78, 5) is 16.3. The summed E-state index contributed by atoms with van der Waals surface area (Å²) in [6.07, 6.45) is 2.94. The van der Waals surface area contributed by atoms with Crippen molar-refractivity contribution in [1.29, 1.82) is 0 Å². The lowest BCUT2D eigenvalue weighted by molar-refractivity contribution is 0.0281. The molecule has 1 atom stereocenters. The second-order valence-electron chi connectivity index (χ2n) is 4.94. The van der Waals surface area contributed by atoms with Crippen molar-refractivity contribution >= 4 is 5.97 Å². The van der Waals surface area contributed by atoms with E-state index in [4.69, 9.17) is 9.47 Å². The molecule has 0 saturated carbocycles. The van der Waals surface area contributed by atoms with E-state index in [-0.39, 0.29) is 6.10 Å². The molecule has 0 bridgehead atoms. The van der Waals surface area contributed by atoms with E-state index in [0.29, 0.717) is 24.5 Å². The third kappa shape index (κ3) is 4.32. The number of carbonyl (C=O) groups is 1. The highest BCUT2D eigenvalue weighted by Gasteiger charge is 2.17. The summed E-state index contributed by atoms with van der Waals surface area (Å²) < 4.78 is 11.0. The summed E-state index contributed by atoms with van der Waals surface area (Å²) in [5.41, 5.74) is 1.28. The summed E-state index contributed by atoms with van der Waals surface area (Å²) in [5.74, 6) is 0.242. The number of carbonyl (C=O) groups excluding carboxylic acids is 1. The minimum absolute atomic E-state index is 0.258. The SMILES string of the molecule is CCCOc1ccc(C(=O)OC(CC)c2ccccc2)nc1. The molecule has 0 aliphatic heterocycles. The number of benzene rings is 1. The maximum Gasteiger partial charge on any atom is 0.357 e. The van der Waals surface area contributed by atoms with Gasteiger partial charge in [-0.05, 0) is 30.5 Å². The van der Waals surface area contributed by atoms with Crippen molar-refractivity contribution in [1.82, 2.24) is 4.98 Å². The standard InChI is InChI=1S/C18H21NO3/c1-3-12-21-15-10-11-16(19-13-15)18(20)22-17(4-2)14-8-6-5-7-9-14/h5-11,13,17H,3-4,12H2,1-2H3. The topological polar surface area (TPSA) is 48.4 Å². The summed E-state index contributed by atoms with van der Waals surface area (Å²) in [6, 6.07) is 13.1. The van der Waals surface area contributed by atoms with E-state index in [2.05, 4.69) is 4.98 Å². The van der Waals surface area contributed by atoms with Gasteiger partial charge in [0.15, 0.2) is 0 Å². The van der Waals surface area contributed by atoms with Crippen molar-refractivity contribution in [3.63, 3.8) is 0 Å². The Bertz CT molecular complexity index is 581. The molecule has 4 nitrogen and oxygen atoms in total. The molecule has 2 rings (SSSR count). The Morgan fingerprint density at radius 2 is 1.91 bits per heavy atom. The smallest absolute Gasteiger partial charge is 0.357 e. The minimum Gasteiger partial charge on any atom is -0.492 e. The van der Waals surface area contributed by atoms with Crippen LogP contribution in [0.1, 0.15) is 48.8 Å². The molecule has 0 amide bonds. The number of nitrogens with zero attached hydrogens (tertiary/aromatic N) is 1. The van der Waals surface area contributed by atoms with E-state index >= 15 is 0 Å². The predicted molar refractivity (Wildman–Crippen MR) is 84.9 cm³/mol. The van der Waals surface area contributed by atoms with E-state index in [1.807, 2.05) is 44.2 Å². The molecule has 0 fully saturated rings. The van der Waals surface area contributed by atoms with Gasteiger partial charge in [-0.2, -0.15) is 0 Å². The van der Waals surface area contributed by atoms with Gasteiger partial charge in [0.2, 0.25) is 0 Å². The van der Waals surface area contributed by atoms with Crippen molar-refractivity contribution in [2.45, 2.75) is 32.8 Å². The Balaban J connectivity index is 2.01. The minimum atomic E-state index is -0.419. The number of pyridine rings is 1. The van der Waals surface area contributed by atoms with E-state index in [0.717, 1.165) is 12.0 Å². The molecule has 0 saturated heterocycles. The highest BCUT2D eigenvalue weighted by Crippen LogP contribution is 2.22. The van der Waals surface area contributed by atoms with Crippen LogP contribution in [-0.2, 0) is 4.74 Å². The highest BCUT2D eigenvalue weighted by atomic mass is 16.5. The normalized spacial score (nSPS) is 11.7. The van der Waals surface area contributed by atoms with Crippen LogP contribution < -0.4 is 4.74 Å². The third-order valence-corrected chi connectivity index (χ3v) is 3.21. The zero-order chi connectivity index (χ0) is 15.8. The van der Waals surface area contributed by atoms with Crippen molar-refractivity contribution in [2.75, 3.05) is 6.61 Å². The molecule has 0 aliphatic carbocycles. The van der Waals surface area contributed by atoms with Gasteiger partial charge in [-0.15, -0.1) is 0 Å². The molecular weight excluding hydrogens is 278 g/mol. The average Bonchev–Trinajstić information content (AvgIpc) is 2.58. The van der Waals surface area contributed by atoms with Gasteiger partial charge in [0.05, 0.1) is 12.8 Å². The van der Waals surface area contributed by atoms with Gasteiger partial charge < -0.3 is 9.47 Å². The molecular formula is C18H21NO3. The number of hydrogen-bond donors (Lipinski definition) is 0. The highest BCUT2D eigenvalue weighted by molar-refractivity contribution is 5.87. The lowest BCUT2D eigenvalue weighted by atomic mass is 10.1. The van der Waals surface area contributed by atoms with Crippen LogP contribution in [0.4, 0.5) is 0 Å². The largest absolute Gasteiger partial charge is 0.492 e. The molecule has 1 aromatic heterocycles. The number of esters is 1. The van der Waals surface area contributed by atoms with Gasteiger partial charge in [0, 0.05) is 0 Å². The first kappa shape index (κ1) is 16.0. The Hall–Kier alpha value is -2.36. The lowest BCUT2D eigenvalue weighted by Crippen LogP contribution is -2.12. The van der Waals surface area contributed by atoms with Gasteiger partial charge in [0.25, 0.3) is 0 Å². The summed E-state index contributed by atoms with van der Waals surface area (Å²) in [6.45, 7) is 4.66. The summed E-state index contributed by atoms with van der Waals surface area (Å²) >= 11 is 0. The molecule has 0 spiro atoms. The maximum absolute atomic E-state index is 12.2. The van der Waals surface area contributed by atoms with E-state index < -0.39 is 5.97 Å². The molecule has 2 aromatic rings. The van der Waals surface area contributed by atoms with Crippen molar-refractivity contribution < 1.29 is 14.3 Å². The predicted octanol–water partition coefficient (Wildman–Crippen LogP) is 4.18. The Morgan fingerprint density at radius 3 is 2.50 bits per heavy atom. The third-order valence-electron chi connectivity index (χ3n) is 3.21. The Morgan fingerprint density at radius 1 is 1.14 bits per heavy atom. The van der Waals surface area contributed by atoms with Crippen molar-refractivity contribution in [2.24, 2.45) is 0 Å². The quantitative estimate of drug-likeness (QED) is 0.720. The number of rotatable bonds is 7. The first-order valence-electron chi connectivity index (χ1n) is 7.59. The monoisotopic (exact) mass is 299 g/mol. The van der Waals surface area contributed by atoms with E-state index in [1.165, 1.54) is 0 Å². The molecule has 4 heteroatoms. The number of aromatic nitrogens is 1. The second kappa shape index (κ2) is 8.17. The van der Waals surface area contributed by atoms with Gasteiger partial charge in [-0.3, -0.25) is 0 Å². The molecule has 1 aromatic carbocycles. The van der Waals surface area contributed by atoms with Crippen LogP contribution in [0.25, 0.3) is 0 Å². The van der Waals surface area contributed by atoms with Gasteiger partial charge in [-0.25, -0.2) is 9.78 Å². The number of hydrogen-bond acceptors (Lipinski definition) is 4. The van der Waals surface area contributed by atoms with Crippen molar-refractivity contribution in [3.8, 4) is 5.75 Å². The molecule has 0 N–H and O–H groups in total. The molecule has 0 radical (unpaired) electrons. The van der Waals surface area contributed by atoms with E-state index in [1.54, 1.807) is 18.3 Å². The molecule has 116 valence electrons. The maximum atomic E-state index is 12.2. The molecule has 0 aliphatic rings. The summed E-state index contributed by atoms with van der Waals surface area (Å²) in [5, 5.41) is 0. The zero-order valence-corrected chi connectivity index (χ0v) is 13.0. The fourth-order valence-electron chi connectivity index (χ4n) is 2.05. The Kier molecular flexibility index (Phi) is 5.95. The van der Waals surface area contributed by atoms with Crippen LogP contribution in [0.5, 0.6) is 5.75 Å². The van der Waals surface area contributed by atoms with Crippen LogP contribution >= 0.6 is 0 Å². The lowest BCUT2D eigenvalue weighted by Gasteiger charge is -2.16. The van der Waals surface area contributed by atoms with E-state index in [9.17, 15) is 4.79 Å². The average molecular weight is 299 g/mol. The van der Waals surface area contributed by atoms with Gasteiger partial charge in [0.1, 0.15) is 17.5 Å². The Labute approximate surface area is 131 Å². The van der Waals surface area contributed by atoms with Crippen LogP contribution in [0.15, 0.2) is 48.7 Å². The molecule has 1 unspecified atom stereocenters. The second-order valence-corrected chi connectivity index (χ2v) is 4.94. The van der Waals surface area contributed by atoms with Crippen LogP contribution in [0, 0.1) is 0 Å². The first-order chi connectivity index (χ1) is 10.7. The zero-order valence-electron chi connectivity index (χ0n) is 13.0. The molecule has 1 heterocycles. The molecule has 22 heavy (non-hydrogen) atoms. The van der Waals surface area contributed by atoms with Crippen LogP contribution in [-0.4, -0.2) is 17.6 Å². The van der Waals surface area contributed by atoms with Crippen LogP contribution in [0.2, 0.25) is 0 Å². The first-order valence-corrected chi connectivity index (χ1v) is 7.59. The fourth-order valence-corrected chi connectivity index (χ4v) is 2.05.